The number of phenols is 1. The second-order valence-corrected chi connectivity index (χ2v) is 4.56. The number of para-hydroxylation sites is 1. The van der Waals surface area contributed by atoms with Crippen LogP contribution in [-0.2, 0) is 9.53 Å². The molecule has 0 radical (unpaired) electrons. The molecule has 104 valence electrons. The zero-order valence-corrected chi connectivity index (χ0v) is 11.3. The first kappa shape index (κ1) is 15.2. The van der Waals surface area contributed by atoms with Gasteiger partial charge in [0.1, 0.15) is 5.75 Å². The van der Waals surface area contributed by atoms with Crippen LogP contribution in [0.25, 0.3) is 0 Å². The van der Waals surface area contributed by atoms with Gasteiger partial charge in [-0.2, -0.15) is 0 Å². The molecule has 2 rings (SSSR count). The standard InChI is InChI=1S/C8H14O2.C7H7NO/c1-10-8(9)7-5-3-2-4-6-7;8-5-6-3-1-2-4-7(6)9/h7H,2-6H2,1H3;1-5,8-9H. The maximum atomic E-state index is 10.9. The van der Waals surface area contributed by atoms with E-state index in [1.807, 2.05) is 0 Å². The Balaban J connectivity index is 0.000000191. The molecule has 1 aromatic rings. The molecule has 0 spiro atoms. The molecule has 1 aliphatic rings. The van der Waals surface area contributed by atoms with E-state index in [9.17, 15) is 4.79 Å². The molecule has 0 unspecified atom stereocenters. The first-order valence-corrected chi connectivity index (χ1v) is 6.55. The van der Waals surface area contributed by atoms with Crippen molar-refractivity contribution < 1.29 is 14.6 Å². The Morgan fingerprint density at radius 3 is 2.42 bits per heavy atom. The van der Waals surface area contributed by atoms with Gasteiger partial charge in [-0.05, 0) is 25.0 Å². The molecule has 1 aliphatic carbocycles. The number of ether oxygens (including phenoxy) is 1. The molecule has 4 nitrogen and oxygen atoms in total. The van der Waals surface area contributed by atoms with Crippen LogP contribution in [0.3, 0.4) is 0 Å². The molecule has 0 saturated heterocycles. The summed E-state index contributed by atoms with van der Waals surface area (Å²) in [6.07, 6.45) is 6.86. The molecule has 1 aromatic carbocycles. The number of carbonyl (C=O) groups is 1. The van der Waals surface area contributed by atoms with E-state index in [4.69, 9.17) is 10.5 Å². The Bertz CT molecular complexity index is 412. The summed E-state index contributed by atoms with van der Waals surface area (Å²) in [6, 6.07) is 6.74. The fourth-order valence-corrected chi connectivity index (χ4v) is 2.11. The number of carbonyl (C=O) groups excluding carboxylic acids is 1. The molecule has 0 aromatic heterocycles. The number of nitrogens with one attached hydrogen (secondary N) is 1. The zero-order valence-electron chi connectivity index (χ0n) is 11.3. The van der Waals surface area contributed by atoms with Crippen molar-refractivity contribution in [3.05, 3.63) is 29.8 Å². The van der Waals surface area contributed by atoms with Crippen LogP contribution in [0.4, 0.5) is 0 Å². The molecule has 0 bridgehead atoms. The molecule has 0 aliphatic heterocycles. The number of esters is 1. The van der Waals surface area contributed by atoms with Crippen molar-refractivity contribution in [3.8, 4) is 5.75 Å². The van der Waals surface area contributed by atoms with Gasteiger partial charge in [-0.25, -0.2) is 0 Å². The monoisotopic (exact) mass is 263 g/mol. The van der Waals surface area contributed by atoms with Gasteiger partial charge in [0.25, 0.3) is 0 Å². The lowest BCUT2D eigenvalue weighted by molar-refractivity contribution is -0.146. The summed E-state index contributed by atoms with van der Waals surface area (Å²) in [7, 11) is 1.47. The highest BCUT2D eigenvalue weighted by Gasteiger charge is 2.20. The van der Waals surface area contributed by atoms with Crippen LogP contribution in [0.5, 0.6) is 5.75 Å². The molecule has 0 amide bonds. The van der Waals surface area contributed by atoms with Crippen LogP contribution >= 0.6 is 0 Å². The average molecular weight is 263 g/mol. The minimum Gasteiger partial charge on any atom is -0.507 e. The summed E-state index contributed by atoms with van der Waals surface area (Å²) in [5.74, 6) is 0.353. The van der Waals surface area contributed by atoms with Crippen LogP contribution in [0, 0.1) is 11.3 Å². The largest absolute Gasteiger partial charge is 0.507 e. The Morgan fingerprint density at radius 2 is 1.95 bits per heavy atom. The minimum atomic E-state index is -0.0142. The lowest BCUT2D eigenvalue weighted by Gasteiger charge is -2.18. The highest BCUT2D eigenvalue weighted by Crippen LogP contribution is 2.24. The predicted molar refractivity (Wildman–Crippen MR) is 74.6 cm³/mol. The van der Waals surface area contributed by atoms with Crippen molar-refractivity contribution >= 4 is 12.2 Å². The number of phenolic OH excluding ortho intramolecular Hbond substituents is 1. The second kappa shape index (κ2) is 8.29. The van der Waals surface area contributed by atoms with Gasteiger partial charge in [0.15, 0.2) is 0 Å². The molecule has 1 fully saturated rings. The van der Waals surface area contributed by atoms with E-state index in [0.29, 0.717) is 5.56 Å². The Morgan fingerprint density at radius 1 is 1.32 bits per heavy atom. The lowest BCUT2D eigenvalue weighted by Crippen LogP contribution is -2.18. The smallest absolute Gasteiger partial charge is 0.308 e. The van der Waals surface area contributed by atoms with Gasteiger partial charge in [-0.15, -0.1) is 0 Å². The maximum absolute atomic E-state index is 10.9. The number of benzene rings is 1. The fourth-order valence-electron chi connectivity index (χ4n) is 2.11. The SMILES string of the molecule is COC(=O)C1CCCCC1.N=Cc1ccccc1O. The Kier molecular flexibility index (Phi) is 6.64. The van der Waals surface area contributed by atoms with Crippen LogP contribution in [-0.4, -0.2) is 24.4 Å². The number of aromatic hydroxyl groups is 1. The highest BCUT2D eigenvalue weighted by molar-refractivity contribution is 5.80. The topological polar surface area (TPSA) is 70.4 Å². The van der Waals surface area contributed by atoms with Crippen molar-refractivity contribution in [1.29, 1.82) is 5.41 Å². The van der Waals surface area contributed by atoms with E-state index in [1.165, 1.54) is 26.4 Å². The second-order valence-electron chi connectivity index (χ2n) is 4.56. The summed E-state index contributed by atoms with van der Waals surface area (Å²) in [4.78, 5) is 10.9. The van der Waals surface area contributed by atoms with E-state index >= 15 is 0 Å². The average Bonchev–Trinajstić information content (AvgIpc) is 2.48. The normalized spacial score (nSPS) is 15.0. The fraction of sp³-hybridized carbons (Fsp3) is 0.467. The van der Waals surface area contributed by atoms with Crippen molar-refractivity contribution in [2.45, 2.75) is 32.1 Å². The first-order valence-electron chi connectivity index (χ1n) is 6.55. The molecular formula is C15H21NO3. The number of rotatable bonds is 2. The Labute approximate surface area is 113 Å². The summed E-state index contributed by atoms with van der Waals surface area (Å²) in [5.41, 5.74) is 0.553. The van der Waals surface area contributed by atoms with Crippen molar-refractivity contribution in [2.75, 3.05) is 7.11 Å². The van der Waals surface area contributed by atoms with Crippen molar-refractivity contribution in [3.63, 3.8) is 0 Å². The molecule has 2 N–H and O–H groups in total. The van der Waals surface area contributed by atoms with E-state index in [-0.39, 0.29) is 17.6 Å². The third-order valence-electron chi connectivity index (χ3n) is 3.23. The molecule has 0 atom stereocenters. The van der Waals surface area contributed by atoms with Gasteiger partial charge in [0, 0.05) is 11.8 Å². The number of hydrogen-bond donors (Lipinski definition) is 2. The third kappa shape index (κ3) is 5.12. The molecule has 4 heteroatoms. The summed E-state index contributed by atoms with van der Waals surface area (Å²) >= 11 is 0. The maximum Gasteiger partial charge on any atom is 0.308 e. The van der Waals surface area contributed by atoms with Crippen LogP contribution in [0.2, 0.25) is 0 Å². The predicted octanol–water partition coefficient (Wildman–Crippen LogP) is 3.13. The Hall–Kier alpha value is -1.84. The van der Waals surface area contributed by atoms with Gasteiger partial charge >= 0.3 is 5.97 Å². The van der Waals surface area contributed by atoms with Gasteiger partial charge in [-0.3, -0.25) is 4.79 Å². The third-order valence-corrected chi connectivity index (χ3v) is 3.23. The highest BCUT2D eigenvalue weighted by atomic mass is 16.5. The van der Waals surface area contributed by atoms with Gasteiger partial charge < -0.3 is 15.3 Å². The van der Waals surface area contributed by atoms with E-state index in [1.54, 1.807) is 24.3 Å². The van der Waals surface area contributed by atoms with E-state index < -0.39 is 0 Å². The first-order chi connectivity index (χ1) is 9.19. The zero-order chi connectivity index (χ0) is 14.1. The van der Waals surface area contributed by atoms with Gasteiger partial charge in [-0.1, -0.05) is 31.4 Å². The van der Waals surface area contributed by atoms with Crippen molar-refractivity contribution in [1.82, 2.24) is 0 Å². The summed E-state index contributed by atoms with van der Waals surface area (Å²) < 4.78 is 4.65. The molecular weight excluding hydrogens is 242 g/mol. The molecule has 1 saturated carbocycles. The minimum absolute atomic E-state index is 0.0142. The van der Waals surface area contributed by atoms with Gasteiger partial charge in [0.05, 0.1) is 13.0 Å². The van der Waals surface area contributed by atoms with Crippen molar-refractivity contribution in [2.24, 2.45) is 5.92 Å². The van der Waals surface area contributed by atoms with E-state index in [2.05, 4.69) is 4.74 Å². The van der Waals surface area contributed by atoms with Crippen LogP contribution in [0.15, 0.2) is 24.3 Å². The number of methoxy groups -OCH3 is 1. The molecule has 0 heterocycles. The van der Waals surface area contributed by atoms with Crippen LogP contribution < -0.4 is 0 Å². The quantitative estimate of drug-likeness (QED) is 0.636. The summed E-state index contributed by atoms with van der Waals surface area (Å²) in [6.45, 7) is 0. The lowest BCUT2D eigenvalue weighted by atomic mass is 9.89. The van der Waals surface area contributed by atoms with Gasteiger partial charge in [0.2, 0.25) is 0 Å². The van der Waals surface area contributed by atoms with E-state index in [0.717, 1.165) is 19.1 Å². The number of hydrogen-bond acceptors (Lipinski definition) is 4. The molecule has 19 heavy (non-hydrogen) atoms. The van der Waals surface area contributed by atoms with Crippen LogP contribution in [0.1, 0.15) is 37.7 Å². The summed E-state index contributed by atoms with van der Waals surface area (Å²) in [5, 5.41) is 15.8.